The molecule has 10 heteroatoms. The molecule has 4 heterocycles. The molecule has 0 radical (unpaired) electrons. The van der Waals surface area contributed by atoms with Gasteiger partial charge in [-0.15, -0.1) is 0 Å². The average molecular weight is 516 g/mol. The zero-order valence-corrected chi connectivity index (χ0v) is 21.4. The van der Waals surface area contributed by atoms with Crippen LogP contribution >= 0.6 is 0 Å². The van der Waals surface area contributed by atoms with E-state index >= 15 is 0 Å². The van der Waals surface area contributed by atoms with E-state index in [1.54, 1.807) is 48.5 Å². The molecule has 0 fully saturated rings. The smallest absolute Gasteiger partial charge is 0.269 e. The van der Waals surface area contributed by atoms with Gasteiger partial charge in [-0.25, -0.2) is 17.4 Å². The molecule has 9 nitrogen and oxygen atoms in total. The van der Waals surface area contributed by atoms with Crippen LogP contribution in [0.5, 0.6) is 5.75 Å². The van der Waals surface area contributed by atoms with Gasteiger partial charge in [0.25, 0.3) is 10.0 Å². The number of hydrogen-bond donors (Lipinski definition) is 1. The standard InChI is InChI=1S/C27H25N5O4S/c1-17-4-7-20(8-5-17)37(34,35)32-25(13-22-26-18(14-28-27(22)32)15-29-30(26)2)23-16-31(10-11-33)24-9-6-19(36-3)12-21(23)24/h4-9,12-16,33H,10-11H2,1-3H3. The van der Waals surface area contributed by atoms with Gasteiger partial charge < -0.3 is 14.4 Å². The first-order valence-corrected chi connectivity index (χ1v) is 13.2. The minimum Gasteiger partial charge on any atom is -0.497 e. The number of hydrogen-bond acceptors (Lipinski definition) is 6. The fourth-order valence-corrected chi connectivity index (χ4v) is 6.41. The molecular weight excluding hydrogens is 490 g/mol. The van der Waals surface area contributed by atoms with Gasteiger partial charge in [0, 0.05) is 53.2 Å². The van der Waals surface area contributed by atoms with Crippen molar-refractivity contribution in [2.24, 2.45) is 7.05 Å². The first-order chi connectivity index (χ1) is 17.8. The van der Waals surface area contributed by atoms with Crippen LogP contribution in [-0.2, 0) is 23.6 Å². The fourth-order valence-electron chi connectivity index (χ4n) is 4.94. The van der Waals surface area contributed by atoms with Crippen molar-refractivity contribution >= 4 is 42.9 Å². The van der Waals surface area contributed by atoms with Crippen LogP contribution in [0.15, 0.2) is 72.0 Å². The van der Waals surface area contributed by atoms with Gasteiger partial charge in [-0.1, -0.05) is 17.7 Å². The van der Waals surface area contributed by atoms with Gasteiger partial charge >= 0.3 is 0 Å². The van der Waals surface area contributed by atoms with Crippen LogP contribution in [0.25, 0.3) is 44.1 Å². The Labute approximate surface area is 213 Å². The molecule has 6 aromatic rings. The van der Waals surface area contributed by atoms with Gasteiger partial charge in [-0.05, 0) is 43.3 Å². The molecule has 0 unspecified atom stereocenters. The average Bonchev–Trinajstić information content (AvgIpc) is 3.57. The number of ether oxygens (including phenoxy) is 1. The summed E-state index contributed by atoms with van der Waals surface area (Å²) >= 11 is 0. The Balaban J connectivity index is 1.75. The number of aliphatic hydroxyl groups is 1. The Morgan fingerprint density at radius 2 is 1.81 bits per heavy atom. The number of methoxy groups -OCH3 is 1. The van der Waals surface area contributed by atoms with Crippen molar-refractivity contribution in [3.05, 3.63) is 72.7 Å². The zero-order valence-electron chi connectivity index (χ0n) is 20.6. The molecule has 37 heavy (non-hydrogen) atoms. The number of rotatable bonds is 6. The molecule has 0 saturated heterocycles. The molecule has 6 rings (SSSR count). The monoisotopic (exact) mass is 515 g/mol. The molecular formula is C27H25N5O4S. The van der Waals surface area contributed by atoms with Crippen LogP contribution in [0.4, 0.5) is 0 Å². The van der Waals surface area contributed by atoms with E-state index in [1.165, 1.54) is 3.97 Å². The van der Waals surface area contributed by atoms with E-state index in [1.807, 2.05) is 49.0 Å². The molecule has 0 aliphatic carbocycles. The highest BCUT2D eigenvalue weighted by Gasteiger charge is 2.28. The number of aliphatic hydroxyl groups excluding tert-OH is 1. The molecule has 0 bridgehead atoms. The number of nitrogens with zero attached hydrogens (tertiary/aromatic N) is 5. The van der Waals surface area contributed by atoms with Crippen molar-refractivity contribution < 1.29 is 18.3 Å². The maximum atomic E-state index is 14.2. The van der Waals surface area contributed by atoms with Crippen molar-refractivity contribution in [3.63, 3.8) is 0 Å². The van der Waals surface area contributed by atoms with E-state index < -0.39 is 10.0 Å². The molecule has 2 aromatic carbocycles. The zero-order chi connectivity index (χ0) is 25.9. The molecule has 0 saturated carbocycles. The first kappa shape index (κ1) is 23.3. The van der Waals surface area contributed by atoms with Gasteiger partial charge in [-0.2, -0.15) is 5.10 Å². The maximum absolute atomic E-state index is 14.2. The number of aromatic nitrogens is 5. The molecule has 0 spiro atoms. The minimum absolute atomic E-state index is 0.0584. The quantitative estimate of drug-likeness (QED) is 0.358. The second-order valence-electron chi connectivity index (χ2n) is 9.02. The highest BCUT2D eigenvalue weighted by atomic mass is 32.2. The van der Waals surface area contributed by atoms with E-state index in [9.17, 15) is 13.5 Å². The number of pyridine rings is 1. The largest absolute Gasteiger partial charge is 0.497 e. The number of fused-ring (bicyclic) bond motifs is 4. The lowest BCUT2D eigenvalue weighted by Crippen LogP contribution is -2.14. The molecule has 1 N–H and O–H groups in total. The topological polar surface area (TPSA) is 104 Å². The van der Waals surface area contributed by atoms with Crippen molar-refractivity contribution in [2.75, 3.05) is 13.7 Å². The van der Waals surface area contributed by atoms with E-state index in [0.29, 0.717) is 34.6 Å². The highest BCUT2D eigenvalue weighted by molar-refractivity contribution is 7.90. The summed E-state index contributed by atoms with van der Waals surface area (Å²) < 4.78 is 38.8. The predicted octanol–water partition coefficient (Wildman–Crippen LogP) is 4.09. The Morgan fingerprint density at radius 1 is 1.03 bits per heavy atom. The summed E-state index contributed by atoms with van der Waals surface area (Å²) in [5.74, 6) is 0.645. The Kier molecular flexibility index (Phi) is 5.32. The Bertz CT molecular complexity index is 1910. The summed E-state index contributed by atoms with van der Waals surface area (Å²) in [4.78, 5) is 4.76. The van der Waals surface area contributed by atoms with E-state index in [4.69, 9.17) is 4.74 Å². The third kappa shape index (κ3) is 3.52. The van der Waals surface area contributed by atoms with Crippen LogP contribution in [0, 0.1) is 6.92 Å². The predicted molar refractivity (Wildman–Crippen MR) is 142 cm³/mol. The van der Waals surface area contributed by atoms with Crippen LogP contribution in [-0.4, -0.2) is 50.5 Å². The third-order valence-electron chi connectivity index (χ3n) is 6.75. The lowest BCUT2D eigenvalue weighted by atomic mass is 10.1. The van der Waals surface area contributed by atoms with Crippen molar-refractivity contribution in [3.8, 4) is 17.0 Å². The number of aryl methyl sites for hydroxylation is 2. The van der Waals surface area contributed by atoms with Crippen LogP contribution in [0.2, 0.25) is 0 Å². The second kappa shape index (κ2) is 8.46. The van der Waals surface area contributed by atoms with E-state index in [0.717, 1.165) is 27.4 Å². The second-order valence-corrected chi connectivity index (χ2v) is 10.8. The van der Waals surface area contributed by atoms with Gasteiger partial charge in [0.05, 0.1) is 36.0 Å². The summed E-state index contributed by atoms with van der Waals surface area (Å²) in [6, 6.07) is 14.3. The maximum Gasteiger partial charge on any atom is 0.269 e. The summed E-state index contributed by atoms with van der Waals surface area (Å²) in [5.41, 5.74) is 4.08. The molecule has 0 aliphatic heterocycles. The summed E-state index contributed by atoms with van der Waals surface area (Å²) in [6.07, 6.45) is 5.23. The summed E-state index contributed by atoms with van der Waals surface area (Å²) in [6.45, 7) is 2.21. The van der Waals surface area contributed by atoms with Crippen molar-refractivity contribution in [1.29, 1.82) is 0 Å². The van der Waals surface area contributed by atoms with Crippen LogP contribution < -0.4 is 4.74 Å². The Hall–Kier alpha value is -4.15. The normalized spacial score (nSPS) is 12.2. The lowest BCUT2D eigenvalue weighted by molar-refractivity contribution is 0.278. The first-order valence-electron chi connectivity index (χ1n) is 11.8. The van der Waals surface area contributed by atoms with Crippen molar-refractivity contribution in [2.45, 2.75) is 18.4 Å². The van der Waals surface area contributed by atoms with E-state index in [2.05, 4.69) is 10.1 Å². The van der Waals surface area contributed by atoms with Crippen molar-refractivity contribution in [1.82, 2.24) is 23.3 Å². The highest BCUT2D eigenvalue weighted by Crippen LogP contribution is 2.39. The molecule has 4 aromatic heterocycles. The molecule has 188 valence electrons. The third-order valence-corrected chi connectivity index (χ3v) is 8.46. The van der Waals surface area contributed by atoms with Gasteiger partial charge in [0.15, 0.2) is 5.65 Å². The molecule has 0 aliphatic rings. The van der Waals surface area contributed by atoms with Crippen LogP contribution in [0.1, 0.15) is 5.56 Å². The summed E-state index contributed by atoms with van der Waals surface area (Å²) in [5, 5.41) is 16.3. The fraction of sp³-hybridized carbons (Fsp3) is 0.185. The van der Waals surface area contributed by atoms with Crippen LogP contribution in [0.3, 0.4) is 0 Å². The van der Waals surface area contributed by atoms with Gasteiger partial charge in [0.1, 0.15) is 5.75 Å². The number of benzene rings is 2. The summed E-state index contributed by atoms with van der Waals surface area (Å²) in [7, 11) is -0.620. The minimum atomic E-state index is -4.04. The van der Waals surface area contributed by atoms with Gasteiger partial charge in [-0.3, -0.25) is 4.68 Å². The Morgan fingerprint density at radius 3 is 2.54 bits per heavy atom. The SMILES string of the molecule is COc1ccc2c(c1)c(-c1cc3c4c(cnc3n1S(=O)(=O)c1ccc(C)cc1)cnn4C)cn2CCO. The molecule has 0 atom stereocenters. The molecule has 0 amide bonds. The van der Waals surface area contributed by atoms with E-state index in [-0.39, 0.29) is 11.5 Å². The lowest BCUT2D eigenvalue weighted by Gasteiger charge is -2.12. The van der Waals surface area contributed by atoms with Gasteiger partial charge in [0.2, 0.25) is 0 Å².